The van der Waals surface area contributed by atoms with E-state index in [9.17, 15) is 9.59 Å². The third-order valence-corrected chi connectivity index (χ3v) is 4.68. The fraction of sp³-hybridized carbons (Fsp3) is 0.267. The topological polar surface area (TPSA) is 77.5 Å². The molecule has 0 aliphatic carbocycles. The number of nitrogens with zero attached hydrogens (tertiary/aromatic N) is 1. The van der Waals surface area contributed by atoms with Crippen molar-refractivity contribution in [3.63, 3.8) is 0 Å². The van der Waals surface area contributed by atoms with Crippen LogP contribution in [0.1, 0.15) is 23.0 Å². The minimum atomic E-state index is -0.993. The van der Waals surface area contributed by atoms with Crippen molar-refractivity contribution in [2.24, 2.45) is 0 Å². The van der Waals surface area contributed by atoms with E-state index in [1.807, 2.05) is 12.1 Å². The Labute approximate surface area is 152 Å². The number of hydrogen-bond acceptors (Lipinski definition) is 6. The van der Waals surface area contributed by atoms with E-state index in [2.05, 4.69) is 9.69 Å². The third kappa shape index (κ3) is 4.59. The average Bonchev–Trinajstić information content (AvgIpc) is 2.92. The molecule has 1 heterocycles. The molecule has 0 fully saturated rings. The van der Waals surface area contributed by atoms with Crippen molar-refractivity contribution < 1.29 is 19.1 Å². The Morgan fingerprint density at radius 1 is 1.29 bits per heavy atom. The zero-order valence-electron chi connectivity index (χ0n) is 12.8. The molecule has 1 aromatic carbocycles. The number of carbonyl (C=O) groups is 2. The molecule has 9 heteroatoms. The van der Waals surface area contributed by atoms with Gasteiger partial charge in [0.25, 0.3) is 5.91 Å². The standard InChI is InChI=1S/C15H14Cl2N2O4S/c1-8(23-15(21)12-11(16)13(17)24-19-12)14(20)18-7-9-3-5-10(22-2)6-4-9/h3-6,8H,7H2,1-2H3,(H,18,20)/t8-/m1/s1. The van der Waals surface area contributed by atoms with Crippen molar-refractivity contribution in [3.8, 4) is 5.75 Å². The normalized spacial score (nSPS) is 11.7. The van der Waals surface area contributed by atoms with E-state index in [1.165, 1.54) is 6.92 Å². The highest BCUT2D eigenvalue weighted by Gasteiger charge is 2.24. The lowest BCUT2D eigenvalue weighted by Gasteiger charge is -2.13. The zero-order valence-corrected chi connectivity index (χ0v) is 15.2. The summed E-state index contributed by atoms with van der Waals surface area (Å²) < 4.78 is 14.1. The smallest absolute Gasteiger partial charge is 0.360 e. The zero-order chi connectivity index (χ0) is 17.7. The number of halogens is 2. The lowest BCUT2D eigenvalue weighted by Crippen LogP contribution is -2.35. The molecule has 2 rings (SSSR count). The monoisotopic (exact) mass is 388 g/mol. The Hall–Kier alpha value is -1.83. The van der Waals surface area contributed by atoms with Gasteiger partial charge in [-0.1, -0.05) is 35.3 Å². The summed E-state index contributed by atoms with van der Waals surface area (Å²) in [5, 5.41) is 2.70. The van der Waals surface area contributed by atoms with Crippen molar-refractivity contribution in [3.05, 3.63) is 44.9 Å². The van der Waals surface area contributed by atoms with Gasteiger partial charge in [-0.25, -0.2) is 4.79 Å². The minimum Gasteiger partial charge on any atom is -0.497 e. The largest absolute Gasteiger partial charge is 0.497 e. The summed E-state index contributed by atoms with van der Waals surface area (Å²) in [6.45, 7) is 1.76. The SMILES string of the molecule is COc1ccc(CNC(=O)[C@@H](C)OC(=O)c2nsc(Cl)c2Cl)cc1. The van der Waals surface area contributed by atoms with Crippen molar-refractivity contribution in [2.45, 2.75) is 19.6 Å². The first-order valence-electron chi connectivity index (χ1n) is 6.84. The number of benzene rings is 1. The van der Waals surface area contributed by atoms with Crippen molar-refractivity contribution in [1.82, 2.24) is 9.69 Å². The molecule has 1 atom stereocenters. The highest BCUT2D eigenvalue weighted by atomic mass is 35.5. The lowest BCUT2D eigenvalue weighted by atomic mass is 10.2. The summed E-state index contributed by atoms with van der Waals surface area (Å²) in [7, 11) is 1.58. The maximum absolute atomic E-state index is 12.0. The second kappa shape index (κ2) is 8.32. The summed E-state index contributed by atoms with van der Waals surface area (Å²) >= 11 is 12.5. The average molecular weight is 389 g/mol. The molecule has 1 amide bonds. The summed E-state index contributed by atoms with van der Waals surface area (Å²) in [5.41, 5.74) is 0.790. The van der Waals surface area contributed by atoms with E-state index in [1.54, 1.807) is 19.2 Å². The van der Waals surface area contributed by atoms with Gasteiger partial charge in [0.2, 0.25) is 0 Å². The Morgan fingerprint density at radius 2 is 1.96 bits per heavy atom. The molecule has 0 spiro atoms. The molecule has 24 heavy (non-hydrogen) atoms. The van der Waals surface area contributed by atoms with Gasteiger partial charge in [0.1, 0.15) is 15.1 Å². The Kier molecular flexibility index (Phi) is 6.42. The maximum Gasteiger partial charge on any atom is 0.360 e. The van der Waals surface area contributed by atoms with Gasteiger partial charge in [-0.2, -0.15) is 4.37 Å². The van der Waals surface area contributed by atoms with Gasteiger partial charge in [0.15, 0.2) is 11.8 Å². The van der Waals surface area contributed by atoms with Gasteiger partial charge >= 0.3 is 5.97 Å². The number of aromatic nitrogens is 1. The predicted molar refractivity (Wildman–Crippen MR) is 91.9 cm³/mol. The molecule has 0 unspecified atom stereocenters. The number of methoxy groups -OCH3 is 1. The second-order valence-electron chi connectivity index (χ2n) is 4.73. The fourth-order valence-corrected chi connectivity index (χ4v) is 2.71. The van der Waals surface area contributed by atoms with Crippen LogP contribution in [0.3, 0.4) is 0 Å². The molecular formula is C15H14Cl2N2O4S. The van der Waals surface area contributed by atoms with Crippen LogP contribution in [0.25, 0.3) is 0 Å². The molecule has 0 radical (unpaired) electrons. The van der Waals surface area contributed by atoms with Crippen LogP contribution < -0.4 is 10.1 Å². The van der Waals surface area contributed by atoms with Gasteiger partial charge < -0.3 is 14.8 Å². The van der Waals surface area contributed by atoms with Crippen molar-refractivity contribution in [1.29, 1.82) is 0 Å². The molecule has 128 valence electrons. The van der Waals surface area contributed by atoms with Crippen LogP contribution in [-0.2, 0) is 16.1 Å². The summed E-state index contributed by atoms with van der Waals surface area (Å²) in [6.07, 6.45) is -0.993. The number of ether oxygens (including phenoxy) is 2. The predicted octanol–water partition coefficient (Wildman–Crippen LogP) is 3.32. The maximum atomic E-state index is 12.0. The first-order valence-corrected chi connectivity index (χ1v) is 8.37. The summed E-state index contributed by atoms with van der Waals surface area (Å²) in [4.78, 5) is 23.9. The van der Waals surface area contributed by atoms with Crippen LogP contribution in [0.4, 0.5) is 0 Å². The van der Waals surface area contributed by atoms with Crippen LogP contribution in [0.5, 0.6) is 5.75 Å². The van der Waals surface area contributed by atoms with Crippen LogP contribution in [-0.4, -0.2) is 29.5 Å². The van der Waals surface area contributed by atoms with Gasteiger partial charge in [0, 0.05) is 6.54 Å². The first-order chi connectivity index (χ1) is 11.4. The highest BCUT2D eigenvalue weighted by Crippen LogP contribution is 2.29. The van der Waals surface area contributed by atoms with Gasteiger partial charge in [-0.15, -0.1) is 0 Å². The van der Waals surface area contributed by atoms with Crippen LogP contribution >= 0.6 is 34.7 Å². The number of rotatable bonds is 6. The molecule has 2 aromatic rings. The van der Waals surface area contributed by atoms with Crippen LogP contribution in [0, 0.1) is 0 Å². The minimum absolute atomic E-state index is 0.0255. The fourth-order valence-electron chi connectivity index (χ4n) is 1.73. The molecule has 6 nitrogen and oxygen atoms in total. The van der Waals surface area contributed by atoms with E-state index in [4.69, 9.17) is 32.7 Å². The van der Waals surface area contributed by atoms with Gasteiger partial charge in [-0.3, -0.25) is 4.79 Å². The van der Waals surface area contributed by atoms with E-state index in [0.717, 1.165) is 22.8 Å². The number of carbonyl (C=O) groups excluding carboxylic acids is 2. The molecule has 1 N–H and O–H groups in total. The molecule has 0 saturated heterocycles. The Balaban J connectivity index is 1.87. The highest BCUT2D eigenvalue weighted by molar-refractivity contribution is 7.11. The molecule has 0 aliphatic heterocycles. The van der Waals surface area contributed by atoms with E-state index >= 15 is 0 Å². The number of hydrogen-bond donors (Lipinski definition) is 1. The van der Waals surface area contributed by atoms with E-state index in [0.29, 0.717) is 6.54 Å². The number of amides is 1. The Morgan fingerprint density at radius 3 is 2.50 bits per heavy atom. The summed E-state index contributed by atoms with van der Waals surface area (Å²) in [5.74, 6) is -0.502. The van der Waals surface area contributed by atoms with Crippen molar-refractivity contribution >= 4 is 46.6 Å². The van der Waals surface area contributed by atoms with Crippen LogP contribution in [0.15, 0.2) is 24.3 Å². The molecule has 1 aromatic heterocycles. The molecular weight excluding hydrogens is 375 g/mol. The van der Waals surface area contributed by atoms with Gasteiger partial charge in [0.05, 0.1) is 7.11 Å². The molecule has 0 bridgehead atoms. The Bertz CT molecular complexity index is 734. The summed E-state index contributed by atoms with van der Waals surface area (Å²) in [6, 6.07) is 7.23. The van der Waals surface area contributed by atoms with Gasteiger partial charge in [-0.05, 0) is 36.2 Å². The quantitative estimate of drug-likeness (QED) is 0.767. The number of nitrogens with one attached hydrogen (secondary N) is 1. The van der Waals surface area contributed by atoms with E-state index < -0.39 is 18.0 Å². The molecule has 0 saturated carbocycles. The number of esters is 1. The van der Waals surface area contributed by atoms with Crippen molar-refractivity contribution in [2.75, 3.05) is 7.11 Å². The third-order valence-electron chi connectivity index (χ3n) is 3.07. The second-order valence-corrected chi connectivity index (χ2v) is 6.49. The van der Waals surface area contributed by atoms with E-state index in [-0.39, 0.29) is 15.1 Å². The molecule has 0 aliphatic rings. The van der Waals surface area contributed by atoms with Crippen LogP contribution in [0.2, 0.25) is 9.36 Å². The first kappa shape index (κ1) is 18.5. The lowest BCUT2D eigenvalue weighted by molar-refractivity contribution is -0.129.